The molecule has 2 heterocycles. The largest absolute Gasteiger partial charge is 0.477 e. The van der Waals surface area contributed by atoms with E-state index >= 15 is 0 Å². The Balaban J connectivity index is 1.91. The fourth-order valence-corrected chi connectivity index (χ4v) is 3.27. The first-order valence-corrected chi connectivity index (χ1v) is 8.16. The fraction of sp³-hybridized carbons (Fsp3) is 0.278. The predicted molar refractivity (Wildman–Crippen MR) is 93.1 cm³/mol. The van der Waals surface area contributed by atoms with Gasteiger partial charge in [0.2, 0.25) is 0 Å². The molecule has 0 amide bonds. The number of carbonyl (C=O) groups excluding carboxylic acids is 1. The van der Waals surface area contributed by atoms with Crippen LogP contribution < -0.4 is 4.90 Å². The summed E-state index contributed by atoms with van der Waals surface area (Å²) in [5.41, 5.74) is 0.957. The maximum Gasteiger partial charge on any atom is 0.354 e. The van der Waals surface area contributed by atoms with Crippen molar-refractivity contribution in [3.8, 4) is 0 Å². The van der Waals surface area contributed by atoms with Gasteiger partial charge in [0.1, 0.15) is 5.82 Å². The van der Waals surface area contributed by atoms with Crippen molar-refractivity contribution in [2.45, 2.75) is 5.92 Å². The Hall–Kier alpha value is -2.60. The maximum absolute atomic E-state index is 12.2. The Bertz CT molecular complexity index is 794. The summed E-state index contributed by atoms with van der Waals surface area (Å²) in [6.45, 7) is 0.952. The van der Waals surface area contributed by atoms with Gasteiger partial charge < -0.3 is 14.7 Å². The van der Waals surface area contributed by atoms with Crippen molar-refractivity contribution < 1.29 is 19.4 Å². The van der Waals surface area contributed by atoms with Crippen molar-refractivity contribution in [3.05, 3.63) is 58.7 Å². The highest BCUT2D eigenvalue weighted by Crippen LogP contribution is 2.36. The Morgan fingerprint density at radius 3 is 2.56 bits per heavy atom. The van der Waals surface area contributed by atoms with Crippen LogP contribution in [0.15, 0.2) is 42.5 Å². The van der Waals surface area contributed by atoms with Gasteiger partial charge in [0, 0.05) is 24.0 Å². The number of rotatable bonds is 4. The molecular formula is C18H17ClN2O4. The molecule has 1 N–H and O–H groups in total. The minimum atomic E-state index is -1.08. The molecule has 130 valence electrons. The van der Waals surface area contributed by atoms with Crippen LogP contribution in [0.2, 0.25) is 5.02 Å². The van der Waals surface area contributed by atoms with E-state index in [9.17, 15) is 9.59 Å². The number of carboxylic acid groups (broad SMARTS) is 1. The SMILES string of the molecule is COC(=O)[C@@H]1CN(c2cccc(C(=O)O)n2)C[C@H]1c1ccc(Cl)cc1. The number of carboxylic acids is 1. The number of hydrogen-bond donors (Lipinski definition) is 1. The van der Waals surface area contributed by atoms with Crippen LogP contribution in [0.1, 0.15) is 22.0 Å². The monoisotopic (exact) mass is 360 g/mol. The van der Waals surface area contributed by atoms with Crippen LogP contribution in [-0.4, -0.2) is 42.2 Å². The molecule has 25 heavy (non-hydrogen) atoms. The second-order valence-corrected chi connectivity index (χ2v) is 6.32. The highest BCUT2D eigenvalue weighted by Gasteiger charge is 2.39. The number of halogens is 1. The summed E-state index contributed by atoms with van der Waals surface area (Å²) in [5, 5.41) is 9.75. The number of esters is 1. The lowest BCUT2D eigenvalue weighted by molar-refractivity contribution is -0.145. The van der Waals surface area contributed by atoms with E-state index in [-0.39, 0.29) is 23.5 Å². The quantitative estimate of drug-likeness (QED) is 0.844. The number of benzene rings is 1. The van der Waals surface area contributed by atoms with Gasteiger partial charge in [0.15, 0.2) is 5.69 Å². The van der Waals surface area contributed by atoms with Gasteiger partial charge in [0.05, 0.1) is 13.0 Å². The molecule has 1 saturated heterocycles. The van der Waals surface area contributed by atoms with Gasteiger partial charge in [-0.3, -0.25) is 4.79 Å². The molecule has 0 saturated carbocycles. The molecule has 0 spiro atoms. The Morgan fingerprint density at radius 1 is 1.20 bits per heavy atom. The van der Waals surface area contributed by atoms with E-state index in [0.717, 1.165) is 5.56 Å². The van der Waals surface area contributed by atoms with E-state index in [0.29, 0.717) is 23.9 Å². The summed E-state index contributed by atoms with van der Waals surface area (Å²) in [6, 6.07) is 12.2. The van der Waals surface area contributed by atoms with Crippen LogP contribution in [0, 0.1) is 5.92 Å². The fourth-order valence-electron chi connectivity index (χ4n) is 3.15. The van der Waals surface area contributed by atoms with Crippen LogP contribution in [0.5, 0.6) is 0 Å². The zero-order valence-corrected chi connectivity index (χ0v) is 14.3. The van der Waals surface area contributed by atoms with Gasteiger partial charge >= 0.3 is 11.9 Å². The average Bonchev–Trinajstić information content (AvgIpc) is 3.07. The lowest BCUT2D eigenvalue weighted by Gasteiger charge is -2.17. The second-order valence-electron chi connectivity index (χ2n) is 5.88. The topological polar surface area (TPSA) is 79.7 Å². The van der Waals surface area contributed by atoms with E-state index in [1.54, 1.807) is 24.3 Å². The number of methoxy groups -OCH3 is 1. The highest BCUT2D eigenvalue weighted by atomic mass is 35.5. The number of aromatic carboxylic acids is 1. The third-order valence-corrected chi connectivity index (χ3v) is 4.65. The number of anilines is 1. The highest BCUT2D eigenvalue weighted by molar-refractivity contribution is 6.30. The Morgan fingerprint density at radius 2 is 1.92 bits per heavy atom. The van der Waals surface area contributed by atoms with Gasteiger partial charge in [-0.2, -0.15) is 0 Å². The van der Waals surface area contributed by atoms with Crippen LogP contribution >= 0.6 is 11.6 Å². The molecule has 2 aromatic rings. The van der Waals surface area contributed by atoms with Crippen molar-refractivity contribution in [1.82, 2.24) is 4.98 Å². The van der Waals surface area contributed by atoms with Crippen LogP contribution in [-0.2, 0) is 9.53 Å². The molecule has 1 aliphatic rings. The van der Waals surface area contributed by atoms with E-state index in [4.69, 9.17) is 21.4 Å². The number of carbonyl (C=O) groups is 2. The van der Waals surface area contributed by atoms with Crippen molar-refractivity contribution >= 4 is 29.4 Å². The standard InChI is InChI=1S/C18H17ClN2O4/c1-25-18(24)14-10-21(16-4-2-3-15(20-16)17(22)23)9-13(14)11-5-7-12(19)8-6-11/h2-8,13-14H,9-10H2,1H3,(H,22,23)/t13-,14+/m0/s1. The number of hydrogen-bond acceptors (Lipinski definition) is 5. The molecule has 2 atom stereocenters. The third kappa shape index (κ3) is 3.58. The zero-order chi connectivity index (χ0) is 18.0. The molecule has 0 aliphatic carbocycles. The summed E-state index contributed by atoms with van der Waals surface area (Å²) in [5.74, 6) is -1.29. The minimum absolute atomic E-state index is 0.0259. The van der Waals surface area contributed by atoms with Crippen LogP contribution in [0.25, 0.3) is 0 Å². The second kappa shape index (κ2) is 7.11. The first-order chi connectivity index (χ1) is 12.0. The van der Waals surface area contributed by atoms with Crippen molar-refractivity contribution in [3.63, 3.8) is 0 Å². The lowest BCUT2D eigenvalue weighted by Crippen LogP contribution is -2.25. The molecule has 1 aliphatic heterocycles. The Labute approximate surface area is 150 Å². The van der Waals surface area contributed by atoms with Gasteiger partial charge in [-0.1, -0.05) is 29.8 Å². The average molecular weight is 361 g/mol. The van der Waals surface area contributed by atoms with Gasteiger partial charge in [-0.25, -0.2) is 9.78 Å². The third-order valence-electron chi connectivity index (χ3n) is 4.40. The maximum atomic E-state index is 12.2. The summed E-state index contributed by atoms with van der Waals surface area (Å²) in [7, 11) is 1.37. The van der Waals surface area contributed by atoms with Gasteiger partial charge in [0.25, 0.3) is 0 Å². The van der Waals surface area contributed by atoms with Gasteiger partial charge in [-0.15, -0.1) is 0 Å². The summed E-state index contributed by atoms with van der Waals surface area (Å²) in [4.78, 5) is 29.4. The first kappa shape index (κ1) is 17.2. The molecule has 6 nitrogen and oxygen atoms in total. The number of pyridine rings is 1. The van der Waals surface area contributed by atoms with Crippen LogP contribution in [0.4, 0.5) is 5.82 Å². The van der Waals surface area contributed by atoms with E-state index in [1.165, 1.54) is 13.2 Å². The summed E-state index contributed by atoms with van der Waals surface area (Å²) >= 11 is 5.95. The minimum Gasteiger partial charge on any atom is -0.477 e. The first-order valence-electron chi connectivity index (χ1n) is 7.78. The van der Waals surface area contributed by atoms with Crippen molar-refractivity contribution in [2.24, 2.45) is 5.92 Å². The number of nitrogens with zero attached hydrogens (tertiary/aromatic N) is 2. The number of aromatic nitrogens is 1. The molecule has 3 rings (SSSR count). The van der Waals surface area contributed by atoms with E-state index in [2.05, 4.69) is 4.98 Å². The van der Waals surface area contributed by atoms with E-state index < -0.39 is 5.97 Å². The van der Waals surface area contributed by atoms with Crippen LogP contribution in [0.3, 0.4) is 0 Å². The molecule has 0 unspecified atom stereocenters. The summed E-state index contributed by atoms with van der Waals surface area (Å²) < 4.78 is 4.95. The molecule has 1 aromatic carbocycles. The smallest absolute Gasteiger partial charge is 0.354 e. The Kier molecular flexibility index (Phi) is 4.90. The van der Waals surface area contributed by atoms with E-state index in [1.807, 2.05) is 17.0 Å². The van der Waals surface area contributed by atoms with Gasteiger partial charge in [-0.05, 0) is 29.8 Å². The molecule has 0 bridgehead atoms. The molecule has 1 aromatic heterocycles. The summed E-state index contributed by atoms with van der Waals surface area (Å²) in [6.07, 6.45) is 0. The molecular weight excluding hydrogens is 344 g/mol. The normalized spacial score (nSPS) is 19.7. The predicted octanol–water partition coefficient (Wildman–Crippen LogP) is 2.83. The number of ether oxygens (including phenoxy) is 1. The van der Waals surface area contributed by atoms with Crippen molar-refractivity contribution in [1.29, 1.82) is 0 Å². The molecule has 0 radical (unpaired) electrons. The molecule has 7 heteroatoms. The molecule has 1 fully saturated rings. The van der Waals surface area contributed by atoms with Crippen molar-refractivity contribution in [2.75, 3.05) is 25.1 Å². The zero-order valence-electron chi connectivity index (χ0n) is 13.6. The lowest BCUT2D eigenvalue weighted by atomic mass is 9.89.